The Kier molecular flexibility index (Phi) is 6.04. The van der Waals surface area contributed by atoms with E-state index in [4.69, 9.17) is 4.74 Å². The number of amides is 1. The summed E-state index contributed by atoms with van der Waals surface area (Å²) in [6, 6.07) is 12.3. The number of hydrogen-bond donors (Lipinski definition) is 2. The molecule has 1 saturated carbocycles. The molecule has 2 aromatic carbocycles. The lowest BCUT2D eigenvalue weighted by molar-refractivity contribution is -0.137. The molecule has 1 aliphatic rings. The summed E-state index contributed by atoms with van der Waals surface area (Å²) in [4.78, 5) is 16.3. The highest BCUT2D eigenvalue weighted by Gasteiger charge is 2.35. The molecule has 1 aliphatic carbocycles. The van der Waals surface area contributed by atoms with Crippen LogP contribution in [0, 0.1) is 0 Å². The van der Waals surface area contributed by atoms with Gasteiger partial charge in [-0.05, 0) is 62.1 Å². The molecule has 0 bridgehead atoms. The van der Waals surface area contributed by atoms with Crippen LogP contribution < -0.4 is 15.4 Å². The summed E-state index contributed by atoms with van der Waals surface area (Å²) in [6.07, 6.45) is -1.25. The zero-order valence-corrected chi connectivity index (χ0v) is 17.6. The van der Waals surface area contributed by atoms with E-state index in [1.165, 1.54) is 0 Å². The molecule has 1 amide bonds. The van der Waals surface area contributed by atoms with Gasteiger partial charge in [0.2, 0.25) is 0 Å². The van der Waals surface area contributed by atoms with Gasteiger partial charge >= 0.3 is 6.18 Å². The molecule has 31 heavy (non-hydrogen) atoms. The lowest BCUT2D eigenvalue weighted by Gasteiger charge is -2.30. The first-order valence-corrected chi connectivity index (χ1v) is 10.8. The molecule has 0 unspecified atom stereocenters. The fraction of sp³-hybridized carbons (Fsp3) is 0.364. The van der Waals surface area contributed by atoms with Crippen LogP contribution in [0.3, 0.4) is 0 Å². The molecule has 3 aromatic rings. The van der Waals surface area contributed by atoms with Gasteiger partial charge in [0.25, 0.3) is 5.91 Å². The van der Waals surface area contributed by atoms with Crippen molar-refractivity contribution in [2.24, 2.45) is 0 Å². The van der Waals surface area contributed by atoms with Crippen LogP contribution in [-0.2, 0) is 6.18 Å². The van der Waals surface area contributed by atoms with Crippen molar-refractivity contribution in [1.29, 1.82) is 0 Å². The number of aromatic nitrogens is 1. The summed E-state index contributed by atoms with van der Waals surface area (Å²) in [5.74, 6) is 0.576. The number of benzene rings is 2. The van der Waals surface area contributed by atoms with E-state index < -0.39 is 11.2 Å². The molecule has 0 atom stereocenters. The van der Waals surface area contributed by atoms with Crippen molar-refractivity contribution in [2.75, 3.05) is 12.4 Å². The molecule has 1 fully saturated rings. The first-order valence-electron chi connectivity index (χ1n) is 10.0. The standard InChI is InChI=1S/C22H22F3N3O2S/c1-30-16-11-5-13(6-12-16)20(29)27-15-9-7-14(8-10-15)26-17-3-2-4-18-19(17)28-21(31-18)22(23,24)25/h2-6,11-12,14-15,26H,7-10H2,1H3,(H,27,29)/t14-,15+. The van der Waals surface area contributed by atoms with Gasteiger partial charge in [-0.1, -0.05) is 6.07 Å². The molecular weight excluding hydrogens is 427 g/mol. The van der Waals surface area contributed by atoms with Crippen LogP contribution in [0.1, 0.15) is 41.0 Å². The van der Waals surface area contributed by atoms with Crippen LogP contribution in [0.25, 0.3) is 10.2 Å². The summed E-state index contributed by atoms with van der Waals surface area (Å²) in [6.45, 7) is 0. The highest BCUT2D eigenvalue weighted by molar-refractivity contribution is 7.18. The van der Waals surface area contributed by atoms with Crippen molar-refractivity contribution < 1.29 is 22.7 Å². The van der Waals surface area contributed by atoms with Gasteiger partial charge in [0, 0.05) is 17.6 Å². The fourth-order valence-electron chi connectivity index (χ4n) is 3.80. The first-order chi connectivity index (χ1) is 14.8. The Morgan fingerprint density at radius 1 is 1.06 bits per heavy atom. The second kappa shape index (κ2) is 8.74. The number of thiazole rings is 1. The minimum absolute atomic E-state index is 0.0690. The topological polar surface area (TPSA) is 63.2 Å². The normalized spacial score (nSPS) is 19.2. The highest BCUT2D eigenvalue weighted by atomic mass is 32.1. The molecular formula is C22H22F3N3O2S. The van der Waals surface area contributed by atoms with Crippen LogP contribution in [-0.4, -0.2) is 30.1 Å². The SMILES string of the molecule is COc1ccc(C(=O)N[C@H]2CC[C@@H](Nc3cccc4sc(C(F)(F)F)nc34)CC2)cc1. The van der Waals surface area contributed by atoms with Crippen molar-refractivity contribution in [3.63, 3.8) is 0 Å². The lowest BCUT2D eigenvalue weighted by atomic mass is 9.90. The third kappa shape index (κ3) is 4.92. The number of carbonyl (C=O) groups excluding carboxylic acids is 1. The second-order valence-electron chi connectivity index (χ2n) is 7.56. The van der Waals surface area contributed by atoms with Crippen LogP contribution >= 0.6 is 11.3 Å². The number of nitrogens with zero attached hydrogens (tertiary/aromatic N) is 1. The number of halogens is 3. The monoisotopic (exact) mass is 449 g/mol. The van der Waals surface area contributed by atoms with Gasteiger partial charge in [0.05, 0.1) is 17.5 Å². The number of rotatable bonds is 5. The van der Waals surface area contributed by atoms with E-state index in [0.717, 1.165) is 25.7 Å². The number of para-hydroxylation sites is 1. The molecule has 2 N–H and O–H groups in total. The number of carbonyl (C=O) groups is 1. The van der Waals surface area contributed by atoms with Gasteiger partial charge in [-0.15, -0.1) is 11.3 Å². The van der Waals surface area contributed by atoms with Gasteiger partial charge < -0.3 is 15.4 Å². The molecule has 4 rings (SSSR count). The maximum atomic E-state index is 13.0. The minimum atomic E-state index is -4.44. The molecule has 1 aromatic heterocycles. The van der Waals surface area contributed by atoms with Crippen LogP contribution in [0.5, 0.6) is 5.75 Å². The largest absolute Gasteiger partial charge is 0.497 e. The fourth-order valence-corrected chi connectivity index (χ4v) is 4.66. The highest BCUT2D eigenvalue weighted by Crippen LogP contribution is 2.38. The van der Waals surface area contributed by atoms with E-state index in [1.54, 1.807) is 49.6 Å². The summed E-state index contributed by atoms with van der Waals surface area (Å²) in [5, 5.41) is 5.59. The van der Waals surface area contributed by atoms with E-state index in [0.29, 0.717) is 38.6 Å². The molecule has 9 heteroatoms. The molecule has 0 spiro atoms. The Balaban J connectivity index is 1.35. The van der Waals surface area contributed by atoms with Gasteiger partial charge in [-0.25, -0.2) is 4.98 Å². The van der Waals surface area contributed by atoms with Crippen LogP contribution in [0.15, 0.2) is 42.5 Å². The number of nitrogens with one attached hydrogen (secondary N) is 2. The van der Waals surface area contributed by atoms with Crippen molar-refractivity contribution in [3.05, 3.63) is 53.0 Å². The zero-order valence-electron chi connectivity index (χ0n) is 16.8. The number of ether oxygens (including phenoxy) is 1. The van der Waals surface area contributed by atoms with Crippen molar-refractivity contribution in [3.8, 4) is 5.75 Å². The number of anilines is 1. The number of methoxy groups -OCH3 is 1. The van der Waals surface area contributed by atoms with Crippen molar-refractivity contribution in [2.45, 2.75) is 43.9 Å². The average Bonchev–Trinajstić information content (AvgIpc) is 3.21. The lowest BCUT2D eigenvalue weighted by Crippen LogP contribution is -2.40. The number of fused-ring (bicyclic) bond motifs is 1. The molecule has 164 valence electrons. The molecule has 5 nitrogen and oxygen atoms in total. The van der Waals surface area contributed by atoms with Crippen LogP contribution in [0.2, 0.25) is 0 Å². The van der Waals surface area contributed by atoms with E-state index >= 15 is 0 Å². The van der Waals surface area contributed by atoms with Gasteiger partial charge in [0.15, 0.2) is 5.01 Å². The number of hydrogen-bond acceptors (Lipinski definition) is 5. The summed E-state index contributed by atoms with van der Waals surface area (Å²) in [5.41, 5.74) is 1.56. The third-order valence-electron chi connectivity index (χ3n) is 5.44. The van der Waals surface area contributed by atoms with Crippen molar-refractivity contribution in [1.82, 2.24) is 10.3 Å². The van der Waals surface area contributed by atoms with E-state index in [2.05, 4.69) is 15.6 Å². The Morgan fingerprint density at radius 2 is 1.74 bits per heavy atom. The van der Waals surface area contributed by atoms with E-state index in [1.807, 2.05) is 0 Å². The van der Waals surface area contributed by atoms with Crippen molar-refractivity contribution >= 4 is 33.1 Å². The smallest absolute Gasteiger partial charge is 0.443 e. The third-order valence-corrected chi connectivity index (χ3v) is 6.50. The Labute approximate surface area is 181 Å². The predicted octanol–water partition coefficient (Wildman–Crippen LogP) is 5.48. The molecule has 0 saturated heterocycles. The quantitative estimate of drug-likeness (QED) is 0.542. The average molecular weight is 449 g/mol. The Bertz CT molecular complexity index is 1060. The maximum absolute atomic E-state index is 13.0. The second-order valence-corrected chi connectivity index (χ2v) is 8.59. The summed E-state index contributed by atoms with van der Waals surface area (Å²) >= 11 is 0.656. The maximum Gasteiger partial charge on any atom is 0.443 e. The molecule has 0 radical (unpaired) electrons. The van der Waals surface area contributed by atoms with Gasteiger partial charge in [-0.2, -0.15) is 13.2 Å². The van der Waals surface area contributed by atoms with Gasteiger partial charge in [0.1, 0.15) is 11.3 Å². The summed E-state index contributed by atoms with van der Waals surface area (Å²) in [7, 11) is 1.58. The summed E-state index contributed by atoms with van der Waals surface area (Å²) < 4.78 is 44.7. The van der Waals surface area contributed by atoms with E-state index in [-0.39, 0.29) is 18.0 Å². The van der Waals surface area contributed by atoms with Gasteiger partial charge in [-0.3, -0.25) is 4.79 Å². The molecule has 1 heterocycles. The Morgan fingerprint density at radius 3 is 2.39 bits per heavy atom. The Hall–Kier alpha value is -2.81. The van der Waals surface area contributed by atoms with E-state index in [9.17, 15) is 18.0 Å². The predicted molar refractivity (Wildman–Crippen MR) is 115 cm³/mol. The first kappa shape index (κ1) is 21.4. The zero-order chi connectivity index (χ0) is 22.0. The molecule has 0 aliphatic heterocycles. The number of alkyl halides is 3. The minimum Gasteiger partial charge on any atom is -0.497 e. The van der Waals surface area contributed by atoms with Crippen LogP contribution in [0.4, 0.5) is 18.9 Å².